The maximum Gasteiger partial charge on any atom is 0.177 e. The van der Waals surface area contributed by atoms with Gasteiger partial charge in [-0.05, 0) is 36.2 Å². The summed E-state index contributed by atoms with van der Waals surface area (Å²) in [6, 6.07) is 7.54. The van der Waals surface area contributed by atoms with Crippen molar-refractivity contribution in [2.45, 2.75) is 37.9 Å². The number of hydrogen-bond donors (Lipinski definition) is 4. The molecule has 3 heterocycles. The molecule has 0 aliphatic carbocycles. The van der Waals surface area contributed by atoms with Crippen molar-refractivity contribution in [2.24, 2.45) is 5.10 Å². The normalized spacial score (nSPS) is 23.6. The molecule has 1 aliphatic heterocycles. The molecule has 0 spiro atoms. The van der Waals surface area contributed by atoms with E-state index in [0.717, 1.165) is 17.7 Å². The molecule has 11 nitrogen and oxygen atoms in total. The van der Waals surface area contributed by atoms with Crippen molar-refractivity contribution in [3.8, 4) is 5.75 Å². The largest absolute Gasteiger partial charge is 0.494 e. The fourth-order valence-corrected chi connectivity index (χ4v) is 3.27. The molecular formula is C20H24N6O5. The SMILES string of the molecule is CCCOc1ccc(/C=N/Nc2ncnc3c2ncn3[C@@H]2O[C@H](CO)[C@@H](O)[C@H]2O)cc1. The highest BCUT2D eigenvalue weighted by atomic mass is 16.6. The van der Waals surface area contributed by atoms with E-state index < -0.39 is 31.1 Å². The van der Waals surface area contributed by atoms with Crippen LogP contribution in [-0.4, -0.2) is 72.6 Å². The predicted molar refractivity (Wildman–Crippen MR) is 112 cm³/mol. The second kappa shape index (κ2) is 9.35. The number of aliphatic hydroxyl groups excluding tert-OH is 3. The van der Waals surface area contributed by atoms with Gasteiger partial charge in [0.15, 0.2) is 23.2 Å². The average molecular weight is 428 g/mol. The molecule has 11 heteroatoms. The molecule has 0 bridgehead atoms. The summed E-state index contributed by atoms with van der Waals surface area (Å²) in [6.07, 6.45) is 1.09. The Morgan fingerprint density at radius 1 is 1.19 bits per heavy atom. The minimum atomic E-state index is -1.23. The van der Waals surface area contributed by atoms with Crippen LogP contribution in [0.5, 0.6) is 5.75 Å². The molecule has 1 fully saturated rings. The predicted octanol–water partition coefficient (Wildman–Crippen LogP) is 0.673. The van der Waals surface area contributed by atoms with Gasteiger partial charge in [-0.3, -0.25) is 9.99 Å². The third-order valence-electron chi connectivity index (χ3n) is 4.89. The third kappa shape index (κ3) is 4.35. The Hall–Kier alpha value is -3.12. The van der Waals surface area contributed by atoms with Crippen molar-refractivity contribution in [1.29, 1.82) is 0 Å². The van der Waals surface area contributed by atoms with Gasteiger partial charge in [0.2, 0.25) is 0 Å². The summed E-state index contributed by atoms with van der Waals surface area (Å²) in [4.78, 5) is 12.7. The number of ether oxygens (including phenoxy) is 2. The number of rotatable bonds is 8. The molecule has 0 saturated carbocycles. The van der Waals surface area contributed by atoms with Gasteiger partial charge in [0.1, 0.15) is 30.4 Å². The Balaban J connectivity index is 1.49. The van der Waals surface area contributed by atoms with Crippen molar-refractivity contribution >= 4 is 23.2 Å². The number of hydrogen-bond acceptors (Lipinski definition) is 10. The first-order valence-electron chi connectivity index (χ1n) is 9.94. The number of aliphatic hydroxyl groups is 3. The zero-order chi connectivity index (χ0) is 21.8. The van der Waals surface area contributed by atoms with Crippen LogP contribution in [0.3, 0.4) is 0 Å². The molecule has 3 aromatic rings. The van der Waals surface area contributed by atoms with Gasteiger partial charge in [-0.1, -0.05) is 6.92 Å². The van der Waals surface area contributed by atoms with Crippen LogP contribution < -0.4 is 10.2 Å². The number of benzene rings is 1. The first kappa shape index (κ1) is 21.1. The maximum atomic E-state index is 10.3. The summed E-state index contributed by atoms with van der Waals surface area (Å²) in [5.41, 5.74) is 4.53. The Labute approximate surface area is 178 Å². The molecule has 1 saturated heterocycles. The van der Waals surface area contributed by atoms with Crippen LogP contribution in [0, 0.1) is 0 Å². The number of fused-ring (bicyclic) bond motifs is 1. The topological polar surface area (TPSA) is 147 Å². The van der Waals surface area contributed by atoms with Gasteiger partial charge in [-0.2, -0.15) is 5.10 Å². The Bertz CT molecular complexity index is 1040. The highest BCUT2D eigenvalue weighted by molar-refractivity contribution is 5.84. The van der Waals surface area contributed by atoms with Crippen LogP contribution in [0.1, 0.15) is 25.1 Å². The summed E-state index contributed by atoms with van der Waals surface area (Å²) in [7, 11) is 0. The highest BCUT2D eigenvalue weighted by Gasteiger charge is 2.44. The minimum Gasteiger partial charge on any atom is -0.494 e. The van der Waals surface area contributed by atoms with E-state index in [9.17, 15) is 15.3 Å². The van der Waals surface area contributed by atoms with Crippen LogP contribution in [0.15, 0.2) is 42.0 Å². The van der Waals surface area contributed by atoms with E-state index in [0.29, 0.717) is 23.6 Å². The van der Waals surface area contributed by atoms with Crippen LogP contribution >= 0.6 is 0 Å². The van der Waals surface area contributed by atoms with Crippen molar-refractivity contribution in [3.63, 3.8) is 0 Å². The monoisotopic (exact) mass is 428 g/mol. The van der Waals surface area contributed by atoms with Gasteiger partial charge in [0.25, 0.3) is 0 Å². The van der Waals surface area contributed by atoms with E-state index >= 15 is 0 Å². The Kier molecular flexibility index (Phi) is 6.37. The van der Waals surface area contributed by atoms with E-state index in [1.807, 2.05) is 24.3 Å². The number of aromatic nitrogens is 4. The molecule has 1 aliphatic rings. The zero-order valence-electron chi connectivity index (χ0n) is 16.9. The first-order chi connectivity index (χ1) is 15.1. The van der Waals surface area contributed by atoms with Crippen LogP contribution in [-0.2, 0) is 4.74 Å². The van der Waals surface area contributed by atoms with E-state index in [4.69, 9.17) is 9.47 Å². The number of imidazole rings is 1. The van der Waals surface area contributed by atoms with Crippen LogP contribution in [0.4, 0.5) is 5.82 Å². The Morgan fingerprint density at radius 3 is 2.71 bits per heavy atom. The fraction of sp³-hybridized carbons (Fsp3) is 0.400. The summed E-state index contributed by atoms with van der Waals surface area (Å²) in [5.74, 6) is 1.18. The number of hydrazone groups is 1. The van der Waals surface area contributed by atoms with Gasteiger partial charge < -0.3 is 24.8 Å². The quantitative estimate of drug-likeness (QED) is 0.300. The number of nitrogens with zero attached hydrogens (tertiary/aromatic N) is 5. The van der Waals surface area contributed by atoms with Crippen molar-refractivity contribution in [1.82, 2.24) is 19.5 Å². The molecule has 0 amide bonds. The number of anilines is 1. The highest BCUT2D eigenvalue weighted by Crippen LogP contribution is 2.32. The first-order valence-corrected chi connectivity index (χ1v) is 9.94. The van der Waals surface area contributed by atoms with Gasteiger partial charge in [0.05, 0.1) is 25.8 Å². The molecule has 4 rings (SSSR count). The lowest BCUT2D eigenvalue weighted by Crippen LogP contribution is -2.33. The lowest BCUT2D eigenvalue weighted by atomic mass is 10.1. The van der Waals surface area contributed by atoms with E-state index in [2.05, 4.69) is 32.4 Å². The molecule has 1 aromatic carbocycles. The third-order valence-corrected chi connectivity index (χ3v) is 4.89. The zero-order valence-corrected chi connectivity index (χ0v) is 16.9. The molecule has 0 unspecified atom stereocenters. The van der Waals surface area contributed by atoms with Gasteiger partial charge in [-0.15, -0.1) is 0 Å². The summed E-state index contributed by atoms with van der Waals surface area (Å²) in [6.45, 7) is 2.31. The van der Waals surface area contributed by atoms with Crippen molar-refractivity contribution in [3.05, 3.63) is 42.5 Å². The van der Waals surface area contributed by atoms with Crippen molar-refractivity contribution in [2.75, 3.05) is 18.6 Å². The second-order valence-corrected chi connectivity index (χ2v) is 7.06. The molecule has 164 valence electrons. The van der Waals surface area contributed by atoms with Crippen molar-refractivity contribution < 1.29 is 24.8 Å². The molecule has 4 atom stereocenters. The van der Waals surface area contributed by atoms with E-state index in [-0.39, 0.29) is 0 Å². The van der Waals surface area contributed by atoms with Gasteiger partial charge >= 0.3 is 0 Å². The molecule has 2 aromatic heterocycles. The maximum absolute atomic E-state index is 10.3. The van der Waals surface area contributed by atoms with Crippen LogP contribution in [0.2, 0.25) is 0 Å². The number of nitrogens with one attached hydrogen (secondary N) is 1. The Morgan fingerprint density at radius 2 is 2.00 bits per heavy atom. The molecule has 31 heavy (non-hydrogen) atoms. The molecular weight excluding hydrogens is 404 g/mol. The van der Waals surface area contributed by atoms with Gasteiger partial charge in [-0.25, -0.2) is 15.0 Å². The van der Waals surface area contributed by atoms with E-state index in [1.165, 1.54) is 17.2 Å². The summed E-state index contributed by atoms with van der Waals surface area (Å²) >= 11 is 0. The fourth-order valence-electron chi connectivity index (χ4n) is 3.27. The molecule has 0 radical (unpaired) electrons. The lowest BCUT2D eigenvalue weighted by molar-refractivity contribution is -0.0511. The average Bonchev–Trinajstić information content (AvgIpc) is 3.34. The second-order valence-electron chi connectivity index (χ2n) is 7.06. The summed E-state index contributed by atoms with van der Waals surface area (Å²) in [5, 5.41) is 33.8. The van der Waals surface area contributed by atoms with E-state index in [1.54, 1.807) is 6.21 Å². The van der Waals surface area contributed by atoms with Crippen LogP contribution in [0.25, 0.3) is 11.2 Å². The standard InChI is InChI=1S/C20H24N6O5/c1-2-7-30-13-5-3-12(4-6-13)8-24-25-18-15-19(22-10-21-18)26(11-23-15)20-17(29)16(28)14(9-27)31-20/h3-6,8,10-11,14,16-17,20,27-29H,2,7,9H2,1H3,(H,21,22,25)/b24-8+/t14-,16-,17-,20-/m1/s1. The summed E-state index contributed by atoms with van der Waals surface area (Å²) < 4.78 is 12.6. The smallest absolute Gasteiger partial charge is 0.177 e. The molecule has 4 N–H and O–H groups in total. The lowest BCUT2D eigenvalue weighted by Gasteiger charge is -2.16. The minimum absolute atomic E-state index is 0.370. The van der Waals surface area contributed by atoms with Gasteiger partial charge in [0, 0.05) is 0 Å².